The van der Waals surface area contributed by atoms with Gasteiger partial charge in [-0.25, -0.2) is 15.0 Å². The highest BCUT2D eigenvalue weighted by Crippen LogP contribution is 2.34. The molecule has 0 saturated carbocycles. The highest BCUT2D eigenvalue weighted by molar-refractivity contribution is 9.10. The van der Waals surface area contributed by atoms with Gasteiger partial charge in [0.25, 0.3) is 0 Å². The van der Waals surface area contributed by atoms with E-state index >= 15 is 0 Å². The fourth-order valence-corrected chi connectivity index (χ4v) is 4.19. The molecule has 0 N–H and O–H groups in total. The highest BCUT2D eigenvalue weighted by atomic mass is 79.9. The minimum atomic E-state index is 0.629. The van der Waals surface area contributed by atoms with E-state index in [0.717, 1.165) is 43.1 Å². The summed E-state index contributed by atoms with van der Waals surface area (Å²) in [6.45, 7) is 5.25. The van der Waals surface area contributed by atoms with Crippen LogP contribution in [0.1, 0.15) is 6.92 Å². The summed E-state index contributed by atoms with van der Waals surface area (Å²) in [5.41, 5.74) is 4.50. The number of fused-ring (bicyclic) bond motifs is 3. The average Bonchev–Trinajstić information content (AvgIpc) is 3.27. The number of hydrogen-bond acceptors (Lipinski definition) is 4. The van der Waals surface area contributed by atoms with Crippen LogP contribution in [0.3, 0.4) is 0 Å². The Labute approximate surface area is 212 Å². The van der Waals surface area contributed by atoms with Gasteiger partial charge >= 0.3 is 0 Å². The van der Waals surface area contributed by atoms with E-state index in [1.807, 2.05) is 91.9 Å². The van der Waals surface area contributed by atoms with Crippen LogP contribution in [0.5, 0.6) is 0 Å². The van der Waals surface area contributed by atoms with Crippen molar-refractivity contribution in [2.75, 3.05) is 0 Å². The molecule has 0 atom stereocenters. The topological polar surface area (TPSA) is 51.8 Å². The van der Waals surface area contributed by atoms with Crippen molar-refractivity contribution in [3.8, 4) is 34.2 Å². The minimum absolute atomic E-state index is 0.629. The number of rotatable bonds is 3. The predicted molar refractivity (Wildman–Crippen MR) is 147 cm³/mol. The van der Waals surface area contributed by atoms with Crippen molar-refractivity contribution in [2.45, 2.75) is 6.92 Å². The first-order chi connectivity index (χ1) is 17.2. The van der Waals surface area contributed by atoms with Gasteiger partial charge in [-0.1, -0.05) is 82.7 Å². The Bertz CT molecular complexity index is 1570. The predicted octanol–water partition coefficient (Wildman–Crippen LogP) is 8.73. The number of hydrogen-bond donors (Lipinski definition) is 0. The molecule has 35 heavy (non-hydrogen) atoms. The van der Waals surface area contributed by atoms with Gasteiger partial charge in [-0.2, -0.15) is 0 Å². The zero-order chi connectivity index (χ0) is 24.2. The molecule has 0 fully saturated rings. The van der Waals surface area contributed by atoms with Crippen molar-refractivity contribution in [1.82, 2.24) is 15.0 Å². The molecule has 0 unspecified atom stereocenters. The Morgan fingerprint density at radius 1 is 0.629 bits per heavy atom. The molecule has 2 aromatic heterocycles. The van der Waals surface area contributed by atoms with E-state index in [9.17, 15) is 0 Å². The molecule has 0 bridgehead atoms. The van der Waals surface area contributed by atoms with Crippen LogP contribution in [0, 0.1) is 0 Å². The van der Waals surface area contributed by atoms with Gasteiger partial charge in [0.2, 0.25) is 0 Å². The van der Waals surface area contributed by atoms with E-state index in [-0.39, 0.29) is 0 Å². The van der Waals surface area contributed by atoms with E-state index in [1.165, 1.54) is 0 Å². The summed E-state index contributed by atoms with van der Waals surface area (Å²) in [7, 11) is 0. The molecule has 5 heteroatoms. The van der Waals surface area contributed by atoms with Crippen LogP contribution < -0.4 is 0 Å². The van der Waals surface area contributed by atoms with Crippen LogP contribution in [0.4, 0.5) is 0 Å². The molecule has 0 aliphatic rings. The van der Waals surface area contributed by atoms with E-state index in [0.29, 0.717) is 17.5 Å². The maximum Gasteiger partial charge on any atom is 0.164 e. The average molecular weight is 520 g/mol. The number of furan rings is 1. The molecule has 170 valence electrons. The van der Waals surface area contributed by atoms with Gasteiger partial charge in [-0.15, -0.1) is 6.58 Å². The zero-order valence-corrected chi connectivity index (χ0v) is 20.7. The Balaban J connectivity index is 0.000000806. The third kappa shape index (κ3) is 4.77. The third-order valence-corrected chi connectivity index (χ3v) is 5.88. The standard InChI is InChI=1S/C27H16BrN3O.C3H6/c28-20-12-14-24-22(16-20)21-15-19(11-13-23(21)32-24)27-30-25(17-7-3-1-4-8-17)29-26(31-27)18-9-5-2-6-10-18;1-3-2/h1-16H;3H,1H2,2H3. The molecule has 0 aliphatic heterocycles. The quantitative estimate of drug-likeness (QED) is 0.219. The second kappa shape index (κ2) is 10.0. The van der Waals surface area contributed by atoms with Crippen molar-refractivity contribution < 1.29 is 4.42 Å². The first-order valence-corrected chi connectivity index (χ1v) is 12.0. The molecular formula is C30H22BrN3O. The van der Waals surface area contributed by atoms with Crippen molar-refractivity contribution in [3.63, 3.8) is 0 Å². The van der Waals surface area contributed by atoms with Crippen LogP contribution in [-0.2, 0) is 0 Å². The normalized spacial score (nSPS) is 10.7. The van der Waals surface area contributed by atoms with Gasteiger partial charge in [0.15, 0.2) is 17.5 Å². The largest absolute Gasteiger partial charge is 0.456 e. The van der Waals surface area contributed by atoms with Crippen LogP contribution >= 0.6 is 15.9 Å². The maximum absolute atomic E-state index is 6.01. The van der Waals surface area contributed by atoms with E-state index < -0.39 is 0 Å². The lowest BCUT2D eigenvalue weighted by Gasteiger charge is -2.08. The van der Waals surface area contributed by atoms with Crippen LogP contribution in [0.15, 0.2) is 119 Å². The summed E-state index contributed by atoms with van der Waals surface area (Å²) in [5.74, 6) is 1.92. The van der Waals surface area contributed by atoms with Crippen molar-refractivity contribution in [2.24, 2.45) is 0 Å². The number of nitrogens with zero attached hydrogens (tertiary/aromatic N) is 3. The molecule has 0 saturated heterocycles. The number of allylic oxidation sites excluding steroid dienone is 1. The Hall–Kier alpha value is -4.09. The van der Waals surface area contributed by atoms with E-state index in [2.05, 4.69) is 34.6 Å². The first-order valence-electron chi connectivity index (χ1n) is 11.2. The molecule has 0 amide bonds. The summed E-state index contributed by atoms with van der Waals surface area (Å²) < 4.78 is 7.02. The van der Waals surface area contributed by atoms with Gasteiger partial charge in [0, 0.05) is 31.9 Å². The lowest BCUT2D eigenvalue weighted by molar-refractivity contribution is 0.669. The van der Waals surface area contributed by atoms with Crippen molar-refractivity contribution in [3.05, 3.63) is 114 Å². The van der Waals surface area contributed by atoms with Crippen LogP contribution in [0.25, 0.3) is 56.1 Å². The summed E-state index contributed by atoms with van der Waals surface area (Å²) in [6.07, 6.45) is 1.75. The second-order valence-electron chi connectivity index (χ2n) is 7.90. The van der Waals surface area contributed by atoms with Gasteiger partial charge in [0.1, 0.15) is 11.2 Å². The number of benzene rings is 4. The first kappa shape index (κ1) is 22.7. The molecule has 4 nitrogen and oxygen atoms in total. The molecular weight excluding hydrogens is 498 g/mol. The number of halogens is 1. The molecule has 0 aliphatic carbocycles. The van der Waals surface area contributed by atoms with E-state index in [1.54, 1.807) is 6.08 Å². The Morgan fingerprint density at radius 2 is 1.09 bits per heavy atom. The highest BCUT2D eigenvalue weighted by Gasteiger charge is 2.14. The molecule has 4 aromatic carbocycles. The molecule has 0 radical (unpaired) electrons. The van der Waals surface area contributed by atoms with Gasteiger partial charge in [-0.3, -0.25) is 0 Å². The van der Waals surface area contributed by atoms with Crippen LogP contribution in [-0.4, -0.2) is 15.0 Å². The summed E-state index contributed by atoms with van der Waals surface area (Å²) in [4.78, 5) is 14.4. The molecule has 0 spiro atoms. The minimum Gasteiger partial charge on any atom is -0.456 e. The SMILES string of the molecule is Brc1ccc2oc3ccc(-c4nc(-c5ccccc5)nc(-c5ccccc5)n4)cc3c2c1.C=CC. The van der Waals surface area contributed by atoms with Crippen molar-refractivity contribution >= 4 is 37.9 Å². The third-order valence-electron chi connectivity index (χ3n) is 5.39. The second-order valence-corrected chi connectivity index (χ2v) is 8.82. The van der Waals surface area contributed by atoms with E-state index in [4.69, 9.17) is 19.4 Å². The Kier molecular flexibility index (Phi) is 6.51. The van der Waals surface area contributed by atoms with Gasteiger partial charge in [0.05, 0.1) is 0 Å². The van der Waals surface area contributed by atoms with Gasteiger partial charge < -0.3 is 4.42 Å². The van der Waals surface area contributed by atoms with Crippen molar-refractivity contribution in [1.29, 1.82) is 0 Å². The monoisotopic (exact) mass is 519 g/mol. The number of aromatic nitrogens is 3. The molecule has 2 heterocycles. The van der Waals surface area contributed by atoms with Crippen LogP contribution in [0.2, 0.25) is 0 Å². The Morgan fingerprint density at radius 3 is 1.63 bits per heavy atom. The fraction of sp³-hybridized carbons (Fsp3) is 0.0333. The maximum atomic E-state index is 6.01. The smallest absolute Gasteiger partial charge is 0.164 e. The molecule has 6 aromatic rings. The summed E-state index contributed by atoms with van der Waals surface area (Å²) in [5, 5.41) is 2.08. The van der Waals surface area contributed by atoms with Gasteiger partial charge in [-0.05, 0) is 43.3 Å². The zero-order valence-electron chi connectivity index (χ0n) is 19.1. The summed E-state index contributed by atoms with van der Waals surface area (Å²) in [6, 6.07) is 32.1. The lowest BCUT2D eigenvalue weighted by atomic mass is 10.1. The summed E-state index contributed by atoms with van der Waals surface area (Å²) >= 11 is 3.56. The lowest BCUT2D eigenvalue weighted by Crippen LogP contribution is -2.00. The molecule has 6 rings (SSSR count). The fourth-order valence-electron chi connectivity index (χ4n) is 3.83.